The van der Waals surface area contributed by atoms with Gasteiger partial charge >= 0.3 is 0 Å². The molecule has 0 aliphatic heterocycles. The van der Waals surface area contributed by atoms with Crippen LogP contribution >= 0.6 is 0 Å². The first-order valence-electron chi connectivity index (χ1n) is 8.47. The molecule has 1 aromatic heterocycles. The average Bonchev–Trinajstić information content (AvgIpc) is 2.65. The van der Waals surface area contributed by atoms with Gasteiger partial charge in [-0.15, -0.1) is 0 Å². The Labute approximate surface area is 159 Å². The molecule has 1 heterocycles. The van der Waals surface area contributed by atoms with Gasteiger partial charge in [-0.2, -0.15) is 0 Å². The van der Waals surface area contributed by atoms with Gasteiger partial charge in [0.2, 0.25) is 5.91 Å². The molecule has 0 radical (unpaired) electrons. The van der Waals surface area contributed by atoms with E-state index in [1.165, 1.54) is 12.1 Å². The number of pyridine rings is 1. The molecule has 142 valence electrons. The van der Waals surface area contributed by atoms with Crippen molar-refractivity contribution in [2.45, 2.75) is 30.4 Å². The molecule has 1 N–H and O–H groups in total. The Bertz CT molecular complexity index is 912. The number of nitrogens with one attached hydrogen (secondary N) is 1. The lowest BCUT2D eigenvalue weighted by molar-refractivity contribution is -0.120. The maximum Gasteiger partial charge on any atom is 0.225 e. The number of nitrogens with zero attached hydrogens (tertiary/aromatic N) is 1. The van der Waals surface area contributed by atoms with E-state index >= 15 is 0 Å². The van der Waals surface area contributed by atoms with Gasteiger partial charge in [0.05, 0.1) is 29.3 Å². The standard InChI is InChI=1S/C20H22N2O4S/c1-16(2)27(24,25)19-9-7-17(8-10-19)14-20(23)22-12-3-4-13-26-18-6-5-11-21-15-18/h5-11,15-16H,12-14H2,1-2H3,(H,22,23). The van der Waals surface area contributed by atoms with Gasteiger partial charge < -0.3 is 10.1 Å². The third-order valence-electron chi connectivity index (χ3n) is 3.68. The van der Waals surface area contributed by atoms with Gasteiger partial charge in [0.15, 0.2) is 9.84 Å². The maximum absolute atomic E-state index is 12.1. The Kier molecular flexibility index (Phi) is 7.38. The lowest BCUT2D eigenvalue weighted by Gasteiger charge is -2.08. The summed E-state index contributed by atoms with van der Waals surface area (Å²) in [6.07, 6.45) is 3.42. The second-order valence-electron chi connectivity index (χ2n) is 6.02. The van der Waals surface area contributed by atoms with E-state index in [2.05, 4.69) is 22.1 Å². The van der Waals surface area contributed by atoms with Crippen LogP contribution in [0.4, 0.5) is 0 Å². The molecule has 1 aromatic carbocycles. The highest BCUT2D eigenvalue weighted by molar-refractivity contribution is 7.92. The van der Waals surface area contributed by atoms with Crippen LogP contribution in [0.25, 0.3) is 0 Å². The molecule has 1 amide bonds. The second-order valence-corrected chi connectivity index (χ2v) is 8.53. The molecule has 0 spiro atoms. The predicted octanol–water partition coefficient (Wildman–Crippen LogP) is 2.00. The molecule has 0 unspecified atom stereocenters. The third-order valence-corrected chi connectivity index (χ3v) is 5.85. The van der Waals surface area contributed by atoms with Crippen LogP contribution in [0.5, 0.6) is 5.75 Å². The first kappa shape index (κ1) is 20.5. The van der Waals surface area contributed by atoms with Gasteiger partial charge in [-0.3, -0.25) is 9.78 Å². The van der Waals surface area contributed by atoms with Crippen molar-refractivity contribution in [3.63, 3.8) is 0 Å². The van der Waals surface area contributed by atoms with Gasteiger partial charge in [-0.25, -0.2) is 8.42 Å². The molecule has 0 fully saturated rings. The lowest BCUT2D eigenvalue weighted by atomic mass is 10.1. The molecule has 0 bridgehead atoms. The maximum atomic E-state index is 12.1. The van der Waals surface area contributed by atoms with Gasteiger partial charge in [0.25, 0.3) is 0 Å². The number of hydrogen-bond acceptors (Lipinski definition) is 5. The summed E-state index contributed by atoms with van der Waals surface area (Å²) in [5.74, 6) is 6.07. The highest BCUT2D eigenvalue weighted by Crippen LogP contribution is 2.16. The fourth-order valence-electron chi connectivity index (χ4n) is 2.13. The van der Waals surface area contributed by atoms with Crippen molar-refractivity contribution < 1.29 is 17.9 Å². The molecule has 0 aliphatic rings. The minimum absolute atomic E-state index is 0.163. The van der Waals surface area contributed by atoms with Gasteiger partial charge in [-0.05, 0) is 43.7 Å². The van der Waals surface area contributed by atoms with Crippen molar-refractivity contribution in [1.29, 1.82) is 0 Å². The van der Waals surface area contributed by atoms with Crippen LogP contribution in [-0.4, -0.2) is 37.7 Å². The Hall–Kier alpha value is -2.85. The Morgan fingerprint density at radius 2 is 1.93 bits per heavy atom. The van der Waals surface area contributed by atoms with E-state index in [4.69, 9.17) is 4.74 Å². The van der Waals surface area contributed by atoms with Crippen LogP contribution in [-0.2, 0) is 21.1 Å². The molecule has 2 rings (SSSR count). The fourth-order valence-corrected chi connectivity index (χ4v) is 3.19. The highest BCUT2D eigenvalue weighted by Gasteiger charge is 2.18. The summed E-state index contributed by atoms with van der Waals surface area (Å²) in [5.41, 5.74) is 0.739. The number of ether oxygens (including phenoxy) is 1. The number of carbonyl (C=O) groups excluding carboxylic acids is 1. The van der Waals surface area contributed by atoms with E-state index in [-0.39, 0.29) is 30.4 Å². The molecule has 0 saturated carbocycles. The molecule has 0 atom stereocenters. The van der Waals surface area contributed by atoms with E-state index in [1.807, 2.05) is 0 Å². The first-order valence-corrected chi connectivity index (χ1v) is 10.0. The number of benzene rings is 1. The minimum Gasteiger partial charge on any atom is -0.479 e. The summed E-state index contributed by atoms with van der Waals surface area (Å²) in [4.78, 5) is 16.1. The SMILES string of the molecule is CC(C)S(=O)(=O)c1ccc(CC(=O)NCC#CCOc2cccnc2)cc1. The molecule has 6 nitrogen and oxygen atoms in total. The van der Waals surface area contributed by atoms with Crippen LogP contribution in [0.3, 0.4) is 0 Å². The van der Waals surface area contributed by atoms with Crippen molar-refractivity contribution in [1.82, 2.24) is 10.3 Å². The van der Waals surface area contributed by atoms with Crippen molar-refractivity contribution in [2.75, 3.05) is 13.2 Å². The highest BCUT2D eigenvalue weighted by atomic mass is 32.2. The van der Waals surface area contributed by atoms with E-state index < -0.39 is 15.1 Å². The molecule has 0 saturated heterocycles. The monoisotopic (exact) mass is 386 g/mol. The molecular weight excluding hydrogens is 364 g/mol. The zero-order valence-corrected chi connectivity index (χ0v) is 16.1. The number of sulfone groups is 1. The number of rotatable bonds is 7. The van der Waals surface area contributed by atoms with Crippen molar-refractivity contribution >= 4 is 15.7 Å². The summed E-state index contributed by atoms with van der Waals surface area (Å²) in [7, 11) is -3.30. The normalized spacial score (nSPS) is 10.8. The van der Waals surface area contributed by atoms with Gasteiger partial charge in [-0.1, -0.05) is 24.0 Å². The smallest absolute Gasteiger partial charge is 0.225 e. The van der Waals surface area contributed by atoms with Crippen molar-refractivity contribution in [3.8, 4) is 17.6 Å². The average molecular weight is 386 g/mol. The van der Waals surface area contributed by atoms with Crippen molar-refractivity contribution in [2.24, 2.45) is 0 Å². The quantitative estimate of drug-likeness (QED) is 0.736. The summed E-state index contributed by atoms with van der Waals surface area (Å²) >= 11 is 0. The molecule has 2 aromatic rings. The molecule has 27 heavy (non-hydrogen) atoms. The van der Waals surface area contributed by atoms with Crippen LogP contribution in [0.2, 0.25) is 0 Å². The predicted molar refractivity (Wildman–Crippen MR) is 103 cm³/mol. The molecule has 0 aliphatic carbocycles. The van der Waals surface area contributed by atoms with E-state index in [1.54, 1.807) is 50.5 Å². The Balaban J connectivity index is 1.75. The summed E-state index contributed by atoms with van der Waals surface area (Å²) in [5, 5.41) is 2.21. The topological polar surface area (TPSA) is 85.4 Å². The third kappa shape index (κ3) is 6.42. The van der Waals surface area contributed by atoms with Crippen LogP contribution in [0.1, 0.15) is 19.4 Å². The van der Waals surface area contributed by atoms with E-state index in [9.17, 15) is 13.2 Å². The van der Waals surface area contributed by atoms with Crippen molar-refractivity contribution in [3.05, 3.63) is 54.4 Å². The number of hydrogen-bond donors (Lipinski definition) is 1. The molecule has 7 heteroatoms. The minimum atomic E-state index is -3.30. The second kappa shape index (κ2) is 9.74. The van der Waals surface area contributed by atoms with Gasteiger partial charge in [0.1, 0.15) is 12.4 Å². The van der Waals surface area contributed by atoms with E-state index in [0.29, 0.717) is 5.75 Å². The summed E-state index contributed by atoms with van der Waals surface area (Å²) in [6, 6.07) is 9.94. The number of carbonyl (C=O) groups is 1. The Morgan fingerprint density at radius 3 is 2.56 bits per heavy atom. The van der Waals surface area contributed by atoms with Crippen LogP contribution in [0.15, 0.2) is 53.7 Å². The van der Waals surface area contributed by atoms with Gasteiger partial charge in [0, 0.05) is 6.20 Å². The van der Waals surface area contributed by atoms with Crippen LogP contribution < -0.4 is 10.1 Å². The first-order chi connectivity index (χ1) is 12.9. The summed E-state index contributed by atoms with van der Waals surface area (Å²) < 4.78 is 29.5. The molecular formula is C20H22N2O4S. The Morgan fingerprint density at radius 1 is 1.19 bits per heavy atom. The van der Waals surface area contributed by atoms with E-state index in [0.717, 1.165) is 5.56 Å². The lowest BCUT2D eigenvalue weighted by Crippen LogP contribution is -2.25. The van der Waals surface area contributed by atoms with Crippen LogP contribution in [0, 0.1) is 11.8 Å². The number of amides is 1. The zero-order valence-electron chi connectivity index (χ0n) is 15.3. The summed E-state index contributed by atoms with van der Waals surface area (Å²) in [6.45, 7) is 3.71. The zero-order chi connectivity index (χ0) is 19.7. The number of aromatic nitrogens is 1. The fraction of sp³-hybridized carbons (Fsp3) is 0.300. The largest absolute Gasteiger partial charge is 0.479 e.